The molecule has 2 N–H and O–H groups in total. The van der Waals surface area contributed by atoms with Crippen molar-refractivity contribution in [3.63, 3.8) is 0 Å². The van der Waals surface area contributed by atoms with Crippen molar-refractivity contribution in [3.8, 4) is 6.01 Å². The second kappa shape index (κ2) is 4.55. The second-order valence-corrected chi connectivity index (χ2v) is 6.34. The number of aromatic nitrogens is 2. The van der Waals surface area contributed by atoms with Crippen LogP contribution in [0.5, 0.6) is 6.01 Å². The van der Waals surface area contributed by atoms with Crippen molar-refractivity contribution in [2.75, 3.05) is 0 Å². The van der Waals surface area contributed by atoms with E-state index in [0.717, 1.165) is 11.3 Å². The molecule has 1 heterocycles. The summed E-state index contributed by atoms with van der Waals surface area (Å²) in [4.78, 5) is 19.1. The van der Waals surface area contributed by atoms with Gasteiger partial charge in [0.05, 0.1) is 5.69 Å². The molecule has 0 aliphatic carbocycles. The molecular weight excluding hydrogens is 230 g/mol. The van der Waals surface area contributed by atoms with Crippen molar-refractivity contribution in [1.29, 1.82) is 0 Å². The van der Waals surface area contributed by atoms with Crippen molar-refractivity contribution in [3.05, 3.63) is 17.5 Å². The number of primary amides is 1. The van der Waals surface area contributed by atoms with Crippen LogP contribution in [0.3, 0.4) is 0 Å². The monoisotopic (exact) mass is 251 g/mol. The molecule has 0 bridgehead atoms. The molecule has 0 aliphatic heterocycles. The summed E-state index contributed by atoms with van der Waals surface area (Å²) >= 11 is 0. The summed E-state index contributed by atoms with van der Waals surface area (Å²) in [7, 11) is 0. The van der Waals surface area contributed by atoms with Gasteiger partial charge in [0.2, 0.25) is 0 Å². The predicted octanol–water partition coefficient (Wildman–Crippen LogP) is 2.53. The van der Waals surface area contributed by atoms with E-state index < -0.39 is 6.09 Å². The molecule has 0 radical (unpaired) electrons. The Balaban J connectivity index is 3.35. The predicted molar refractivity (Wildman–Crippen MR) is 69.6 cm³/mol. The fourth-order valence-electron chi connectivity index (χ4n) is 1.63. The molecular formula is C13H21N3O2. The van der Waals surface area contributed by atoms with Gasteiger partial charge in [-0.15, -0.1) is 0 Å². The third-order valence-electron chi connectivity index (χ3n) is 2.48. The van der Waals surface area contributed by atoms with Crippen LogP contribution in [0.15, 0.2) is 6.20 Å². The van der Waals surface area contributed by atoms with Gasteiger partial charge in [0, 0.05) is 11.6 Å². The van der Waals surface area contributed by atoms with E-state index in [1.807, 2.05) is 0 Å². The van der Waals surface area contributed by atoms with E-state index in [-0.39, 0.29) is 16.8 Å². The first-order chi connectivity index (χ1) is 8.01. The SMILES string of the molecule is CC(C)(C)c1cnc(OC(N)=O)nc1C(C)(C)C. The molecule has 5 nitrogen and oxygen atoms in total. The molecule has 0 atom stereocenters. The molecule has 1 amide bonds. The van der Waals surface area contributed by atoms with E-state index in [4.69, 9.17) is 10.5 Å². The van der Waals surface area contributed by atoms with Gasteiger partial charge in [0.15, 0.2) is 0 Å². The summed E-state index contributed by atoms with van der Waals surface area (Å²) < 4.78 is 4.73. The number of ether oxygens (including phenoxy) is 1. The van der Waals surface area contributed by atoms with E-state index >= 15 is 0 Å². The Morgan fingerprint density at radius 2 is 1.72 bits per heavy atom. The minimum atomic E-state index is -0.904. The zero-order valence-corrected chi connectivity index (χ0v) is 11.9. The zero-order chi connectivity index (χ0) is 14.1. The first-order valence-corrected chi connectivity index (χ1v) is 5.87. The van der Waals surface area contributed by atoms with Crippen LogP contribution >= 0.6 is 0 Å². The average molecular weight is 251 g/mol. The van der Waals surface area contributed by atoms with E-state index in [9.17, 15) is 4.79 Å². The number of nitrogens with zero attached hydrogens (tertiary/aromatic N) is 2. The Labute approximate surface area is 108 Å². The number of carbonyl (C=O) groups is 1. The maximum Gasteiger partial charge on any atom is 0.412 e. The van der Waals surface area contributed by atoms with Crippen LogP contribution in [0.25, 0.3) is 0 Å². The lowest BCUT2D eigenvalue weighted by Crippen LogP contribution is -2.25. The summed E-state index contributed by atoms with van der Waals surface area (Å²) in [6, 6.07) is 0.000394. The molecule has 0 fully saturated rings. The van der Waals surface area contributed by atoms with Gasteiger partial charge in [0.1, 0.15) is 0 Å². The van der Waals surface area contributed by atoms with Crippen LogP contribution in [0.4, 0.5) is 4.79 Å². The van der Waals surface area contributed by atoms with Gasteiger partial charge < -0.3 is 10.5 Å². The van der Waals surface area contributed by atoms with Crippen LogP contribution in [0.2, 0.25) is 0 Å². The highest BCUT2D eigenvalue weighted by Gasteiger charge is 2.28. The molecule has 1 aromatic rings. The van der Waals surface area contributed by atoms with Crippen molar-refractivity contribution in [2.45, 2.75) is 52.4 Å². The molecule has 0 spiro atoms. The molecule has 100 valence electrons. The first-order valence-electron chi connectivity index (χ1n) is 5.87. The maximum atomic E-state index is 10.7. The standard InChI is InChI=1S/C13H21N3O2/c1-12(2,3)8-7-15-11(18-10(14)17)16-9(8)13(4,5)6/h7H,1-6H3,(H2,14,17). The molecule has 5 heteroatoms. The van der Waals surface area contributed by atoms with Gasteiger partial charge in [-0.2, -0.15) is 4.98 Å². The molecule has 0 aromatic carbocycles. The summed E-state index contributed by atoms with van der Waals surface area (Å²) in [6.45, 7) is 12.4. The van der Waals surface area contributed by atoms with Gasteiger partial charge in [-0.25, -0.2) is 9.78 Å². The third kappa shape index (κ3) is 3.42. The average Bonchev–Trinajstić information content (AvgIpc) is 2.13. The van der Waals surface area contributed by atoms with Crippen molar-refractivity contribution in [2.24, 2.45) is 5.73 Å². The third-order valence-corrected chi connectivity index (χ3v) is 2.48. The van der Waals surface area contributed by atoms with Crippen LogP contribution in [-0.2, 0) is 10.8 Å². The van der Waals surface area contributed by atoms with Gasteiger partial charge >= 0.3 is 12.1 Å². The van der Waals surface area contributed by atoms with E-state index in [0.29, 0.717) is 0 Å². The lowest BCUT2D eigenvalue weighted by molar-refractivity contribution is 0.206. The van der Waals surface area contributed by atoms with Gasteiger partial charge in [-0.3, -0.25) is 0 Å². The quantitative estimate of drug-likeness (QED) is 0.831. The normalized spacial score (nSPS) is 12.3. The maximum absolute atomic E-state index is 10.7. The van der Waals surface area contributed by atoms with Crippen LogP contribution in [0.1, 0.15) is 52.8 Å². The van der Waals surface area contributed by atoms with Crippen molar-refractivity contribution in [1.82, 2.24) is 9.97 Å². The van der Waals surface area contributed by atoms with Gasteiger partial charge in [0.25, 0.3) is 0 Å². The van der Waals surface area contributed by atoms with Gasteiger partial charge in [-0.05, 0) is 11.0 Å². The fraction of sp³-hybridized carbons (Fsp3) is 0.615. The Hall–Kier alpha value is -1.65. The van der Waals surface area contributed by atoms with Crippen molar-refractivity contribution >= 4 is 6.09 Å². The zero-order valence-electron chi connectivity index (χ0n) is 11.9. The second-order valence-electron chi connectivity index (χ2n) is 6.34. The fourth-order valence-corrected chi connectivity index (χ4v) is 1.63. The van der Waals surface area contributed by atoms with Crippen molar-refractivity contribution < 1.29 is 9.53 Å². The number of carbonyl (C=O) groups excluding carboxylic acids is 1. The lowest BCUT2D eigenvalue weighted by atomic mass is 9.79. The van der Waals surface area contributed by atoms with E-state index in [1.54, 1.807) is 6.20 Å². The first kappa shape index (κ1) is 14.4. The number of rotatable bonds is 1. The van der Waals surface area contributed by atoms with Crippen LogP contribution in [0, 0.1) is 0 Å². The smallest absolute Gasteiger partial charge is 0.374 e. The summed E-state index contributed by atoms with van der Waals surface area (Å²) in [6.07, 6.45) is 0.796. The number of hydrogen-bond acceptors (Lipinski definition) is 4. The number of hydrogen-bond donors (Lipinski definition) is 1. The molecule has 18 heavy (non-hydrogen) atoms. The minimum absolute atomic E-state index is 0.000394. The summed E-state index contributed by atoms with van der Waals surface area (Å²) in [5.74, 6) is 0. The molecule has 0 saturated carbocycles. The van der Waals surface area contributed by atoms with Crippen LogP contribution < -0.4 is 10.5 Å². The molecule has 0 unspecified atom stereocenters. The molecule has 0 aliphatic rings. The summed E-state index contributed by atoms with van der Waals surface area (Å²) in [5.41, 5.74) is 6.62. The minimum Gasteiger partial charge on any atom is -0.374 e. The number of amides is 1. The molecule has 1 rings (SSSR count). The van der Waals surface area contributed by atoms with Gasteiger partial charge in [-0.1, -0.05) is 41.5 Å². The number of nitrogens with two attached hydrogens (primary N) is 1. The molecule has 0 saturated heterocycles. The molecule has 1 aromatic heterocycles. The highest BCUT2D eigenvalue weighted by Crippen LogP contribution is 2.32. The van der Waals surface area contributed by atoms with E-state index in [2.05, 4.69) is 51.5 Å². The summed E-state index contributed by atoms with van der Waals surface area (Å²) in [5, 5.41) is 0. The topological polar surface area (TPSA) is 78.1 Å². The Kier molecular flexibility index (Phi) is 3.64. The Bertz CT molecular complexity index is 456. The highest BCUT2D eigenvalue weighted by molar-refractivity contribution is 5.67. The van der Waals surface area contributed by atoms with Crippen LogP contribution in [-0.4, -0.2) is 16.1 Å². The van der Waals surface area contributed by atoms with E-state index in [1.165, 1.54) is 0 Å². The largest absolute Gasteiger partial charge is 0.412 e. The lowest BCUT2D eigenvalue weighted by Gasteiger charge is -2.28. The Morgan fingerprint density at radius 3 is 2.11 bits per heavy atom. The Morgan fingerprint density at radius 1 is 1.17 bits per heavy atom. The highest BCUT2D eigenvalue weighted by atomic mass is 16.6.